The first-order valence-electron chi connectivity index (χ1n) is 5.35. The third-order valence-corrected chi connectivity index (χ3v) is 4.42. The lowest BCUT2D eigenvalue weighted by molar-refractivity contribution is -0.144. The number of sulfone groups is 1. The molecule has 0 aromatic heterocycles. The molecule has 6 heteroatoms. The Morgan fingerprint density at radius 3 is 2.22 bits per heavy atom. The van der Waals surface area contributed by atoms with Gasteiger partial charge in [-0.25, -0.2) is 8.42 Å². The van der Waals surface area contributed by atoms with Crippen molar-refractivity contribution in [3.05, 3.63) is 24.3 Å². The average molecular weight is 272 g/mol. The van der Waals surface area contributed by atoms with Crippen molar-refractivity contribution in [3.63, 3.8) is 0 Å². The predicted molar refractivity (Wildman–Crippen MR) is 66.2 cm³/mol. The summed E-state index contributed by atoms with van der Waals surface area (Å²) in [4.78, 5) is 11.4. The highest BCUT2D eigenvalue weighted by atomic mass is 32.2. The van der Waals surface area contributed by atoms with Gasteiger partial charge in [0, 0.05) is 0 Å². The fraction of sp³-hybridized carbons (Fsp3) is 0.417. The maximum atomic E-state index is 12.0. The largest absolute Gasteiger partial charge is 0.497 e. The first-order chi connectivity index (χ1) is 8.40. The van der Waals surface area contributed by atoms with Gasteiger partial charge in [-0.15, -0.1) is 0 Å². The fourth-order valence-electron chi connectivity index (χ4n) is 1.48. The van der Waals surface area contributed by atoms with Gasteiger partial charge in [0.15, 0.2) is 9.84 Å². The molecule has 0 heterocycles. The maximum Gasteiger partial charge on any atom is 0.309 e. The summed E-state index contributed by atoms with van der Waals surface area (Å²) in [5, 5.41) is 0. The van der Waals surface area contributed by atoms with E-state index in [9.17, 15) is 13.2 Å². The number of benzene rings is 1. The second kappa shape index (κ2) is 5.86. The summed E-state index contributed by atoms with van der Waals surface area (Å²) in [6.07, 6.45) is 0. The number of carbonyl (C=O) groups excluding carboxylic acids is 1. The Morgan fingerprint density at radius 2 is 1.78 bits per heavy atom. The molecule has 0 radical (unpaired) electrons. The van der Waals surface area contributed by atoms with E-state index in [1.165, 1.54) is 33.3 Å². The number of esters is 1. The van der Waals surface area contributed by atoms with Gasteiger partial charge < -0.3 is 9.47 Å². The van der Waals surface area contributed by atoms with Gasteiger partial charge >= 0.3 is 5.97 Å². The summed E-state index contributed by atoms with van der Waals surface area (Å²) >= 11 is 0. The third-order valence-electron chi connectivity index (χ3n) is 2.49. The molecule has 0 aliphatic rings. The zero-order chi connectivity index (χ0) is 13.8. The van der Waals surface area contributed by atoms with Crippen LogP contribution in [0.15, 0.2) is 29.2 Å². The van der Waals surface area contributed by atoms with E-state index in [-0.39, 0.29) is 10.6 Å². The van der Waals surface area contributed by atoms with Crippen LogP contribution in [0.25, 0.3) is 0 Å². The molecule has 0 saturated carbocycles. The van der Waals surface area contributed by atoms with Crippen molar-refractivity contribution in [1.82, 2.24) is 0 Å². The van der Waals surface area contributed by atoms with Gasteiger partial charge in [0.2, 0.25) is 0 Å². The lowest BCUT2D eigenvalue weighted by Crippen LogP contribution is -2.22. The van der Waals surface area contributed by atoms with Crippen LogP contribution in [0.4, 0.5) is 0 Å². The molecule has 0 amide bonds. The van der Waals surface area contributed by atoms with E-state index in [1.54, 1.807) is 12.1 Å². The second-order valence-electron chi connectivity index (χ2n) is 3.88. The van der Waals surface area contributed by atoms with E-state index in [1.807, 2.05) is 0 Å². The molecule has 0 aliphatic carbocycles. The third kappa shape index (κ3) is 3.46. The lowest BCUT2D eigenvalue weighted by atomic mass is 10.2. The van der Waals surface area contributed by atoms with Gasteiger partial charge in [0.05, 0.1) is 30.8 Å². The summed E-state index contributed by atoms with van der Waals surface area (Å²) in [6.45, 7) is 1.52. The summed E-state index contributed by atoms with van der Waals surface area (Å²) in [7, 11) is -0.758. The van der Waals surface area contributed by atoms with E-state index in [0.717, 1.165) is 0 Å². The molecule has 1 atom stereocenters. The molecule has 100 valence electrons. The van der Waals surface area contributed by atoms with Crippen molar-refractivity contribution in [2.75, 3.05) is 20.0 Å². The Bertz CT molecular complexity index is 504. The normalized spacial score (nSPS) is 12.8. The van der Waals surface area contributed by atoms with Crippen molar-refractivity contribution in [1.29, 1.82) is 0 Å². The summed E-state index contributed by atoms with van der Waals surface area (Å²) in [6, 6.07) is 6.04. The van der Waals surface area contributed by atoms with Crippen LogP contribution in [0.1, 0.15) is 6.92 Å². The van der Waals surface area contributed by atoms with Gasteiger partial charge in [-0.05, 0) is 24.3 Å². The first-order valence-corrected chi connectivity index (χ1v) is 7.00. The SMILES string of the molecule is COC(=O)C(C)CS(=O)(=O)c1ccc(OC)cc1. The van der Waals surface area contributed by atoms with Crippen LogP contribution in [0, 0.1) is 5.92 Å². The van der Waals surface area contributed by atoms with Crippen LogP contribution in [-0.2, 0) is 19.4 Å². The number of ether oxygens (including phenoxy) is 2. The average Bonchev–Trinajstić information content (AvgIpc) is 2.37. The molecular formula is C12H16O5S. The van der Waals surface area contributed by atoms with Crippen LogP contribution in [0.3, 0.4) is 0 Å². The highest BCUT2D eigenvalue weighted by molar-refractivity contribution is 7.91. The number of hydrogen-bond donors (Lipinski definition) is 0. The van der Waals surface area contributed by atoms with Crippen LogP contribution in [0.5, 0.6) is 5.75 Å². The molecule has 0 N–H and O–H groups in total. The van der Waals surface area contributed by atoms with Crippen molar-refractivity contribution in [3.8, 4) is 5.75 Å². The van der Waals surface area contributed by atoms with Gasteiger partial charge in [-0.3, -0.25) is 4.79 Å². The number of carbonyl (C=O) groups is 1. The summed E-state index contributed by atoms with van der Waals surface area (Å²) < 4.78 is 33.5. The summed E-state index contributed by atoms with van der Waals surface area (Å²) in [5.41, 5.74) is 0. The Labute approximate surface area is 107 Å². The molecule has 0 saturated heterocycles. The maximum absolute atomic E-state index is 12.0. The Kier molecular flexibility index (Phi) is 4.72. The topological polar surface area (TPSA) is 69.7 Å². The molecule has 18 heavy (non-hydrogen) atoms. The van der Waals surface area contributed by atoms with E-state index in [4.69, 9.17) is 4.74 Å². The first kappa shape index (κ1) is 14.5. The van der Waals surface area contributed by atoms with Crippen molar-refractivity contribution >= 4 is 15.8 Å². The molecule has 0 spiro atoms. The van der Waals surface area contributed by atoms with Crippen LogP contribution >= 0.6 is 0 Å². The van der Waals surface area contributed by atoms with Gasteiger partial charge in [-0.2, -0.15) is 0 Å². The number of rotatable bonds is 5. The molecule has 0 aliphatic heterocycles. The molecule has 0 bridgehead atoms. The van der Waals surface area contributed by atoms with Crippen molar-refractivity contribution < 1.29 is 22.7 Å². The Morgan fingerprint density at radius 1 is 1.22 bits per heavy atom. The molecule has 1 unspecified atom stereocenters. The predicted octanol–water partition coefficient (Wildman–Crippen LogP) is 1.28. The standard InChI is InChI=1S/C12H16O5S/c1-9(12(13)17-3)8-18(14,15)11-6-4-10(16-2)5-7-11/h4-7,9H,8H2,1-3H3. The van der Waals surface area contributed by atoms with Crippen molar-refractivity contribution in [2.45, 2.75) is 11.8 Å². The van der Waals surface area contributed by atoms with Crippen LogP contribution < -0.4 is 4.74 Å². The minimum atomic E-state index is -3.50. The lowest BCUT2D eigenvalue weighted by Gasteiger charge is -2.10. The highest BCUT2D eigenvalue weighted by Crippen LogP contribution is 2.18. The molecule has 1 aromatic carbocycles. The van der Waals surface area contributed by atoms with E-state index < -0.39 is 21.7 Å². The fourth-order valence-corrected chi connectivity index (χ4v) is 3.02. The smallest absolute Gasteiger partial charge is 0.309 e. The monoisotopic (exact) mass is 272 g/mol. The Balaban J connectivity index is 2.89. The summed E-state index contributed by atoms with van der Waals surface area (Å²) in [5.74, 6) is -0.921. The van der Waals surface area contributed by atoms with E-state index in [2.05, 4.69) is 4.74 Å². The second-order valence-corrected chi connectivity index (χ2v) is 5.92. The zero-order valence-electron chi connectivity index (χ0n) is 10.5. The molecule has 5 nitrogen and oxygen atoms in total. The molecular weight excluding hydrogens is 256 g/mol. The Hall–Kier alpha value is -1.56. The minimum absolute atomic E-state index is 0.166. The van der Waals surface area contributed by atoms with Crippen molar-refractivity contribution in [2.24, 2.45) is 5.92 Å². The van der Waals surface area contributed by atoms with Gasteiger partial charge in [0.25, 0.3) is 0 Å². The van der Waals surface area contributed by atoms with Crippen LogP contribution in [0.2, 0.25) is 0 Å². The van der Waals surface area contributed by atoms with E-state index in [0.29, 0.717) is 5.75 Å². The van der Waals surface area contributed by atoms with Gasteiger partial charge in [0.1, 0.15) is 5.75 Å². The highest BCUT2D eigenvalue weighted by Gasteiger charge is 2.23. The molecule has 1 aromatic rings. The molecule has 1 rings (SSSR count). The molecule has 0 fully saturated rings. The van der Waals surface area contributed by atoms with Crippen LogP contribution in [-0.4, -0.2) is 34.4 Å². The van der Waals surface area contributed by atoms with E-state index >= 15 is 0 Å². The quantitative estimate of drug-likeness (QED) is 0.755. The zero-order valence-corrected chi connectivity index (χ0v) is 11.4. The minimum Gasteiger partial charge on any atom is -0.497 e. The number of methoxy groups -OCH3 is 2. The number of hydrogen-bond acceptors (Lipinski definition) is 5. The van der Waals surface area contributed by atoms with Gasteiger partial charge in [-0.1, -0.05) is 6.92 Å².